The van der Waals surface area contributed by atoms with Gasteiger partial charge in [-0.3, -0.25) is 9.80 Å². The molecule has 11 heteroatoms. The summed E-state index contributed by atoms with van der Waals surface area (Å²) in [5, 5.41) is 34.6. The zero-order chi connectivity index (χ0) is 29.3. The van der Waals surface area contributed by atoms with Gasteiger partial charge in [-0.15, -0.1) is 0 Å². The number of hydrazine groups is 1. The molecule has 1 fully saturated rings. The number of rotatable bonds is 8. The highest BCUT2D eigenvalue weighted by Gasteiger charge is 2.48. The summed E-state index contributed by atoms with van der Waals surface area (Å²) in [5.74, 6) is -4.19. The third-order valence-electron chi connectivity index (χ3n) is 7.10. The van der Waals surface area contributed by atoms with Crippen molar-refractivity contribution in [3.63, 3.8) is 0 Å². The van der Waals surface area contributed by atoms with Gasteiger partial charge in [-0.05, 0) is 35.4 Å². The van der Waals surface area contributed by atoms with Gasteiger partial charge in [0.05, 0.1) is 6.04 Å². The lowest BCUT2D eigenvalue weighted by atomic mass is 9.95. The van der Waals surface area contributed by atoms with Crippen LogP contribution >= 0.6 is 0 Å². The molecule has 3 unspecified atom stereocenters. The number of aliphatic hydroxyl groups is 2. The van der Waals surface area contributed by atoms with Crippen LogP contribution in [-0.2, 0) is 16.1 Å². The Morgan fingerprint density at radius 3 is 2.37 bits per heavy atom. The van der Waals surface area contributed by atoms with Crippen LogP contribution in [0.5, 0.6) is 5.75 Å². The van der Waals surface area contributed by atoms with Gasteiger partial charge in [0.25, 0.3) is 5.91 Å². The maximum absolute atomic E-state index is 14.6. The number of nitrogens with zero attached hydrogens (tertiary/aromatic N) is 3. The van der Waals surface area contributed by atoms with Crippen LogP contribution in [0.15, 0.2) is 90.5 Å². The van der Waals surface area contributed by atoms with Crippen molar-refractivity contribution in [1.82, 2.24) is 14.9 Å². The standard InChI is InChI=1S/C30H28F3N3O5/c1-34-26(12-14-37)36(27(19-7-9-20(31)10-8-19)21-15-22(32)23(33)16-25(21)39)35-13-11-24(38)29(28(35)30(34)40)41-17-18-5-3-2-4-6-18/h2-11,13,15-16,24,26-27,37-39H,12,14,17H2,1H3. The lowest BCUT2D eigenvalue weighted by Gasteiger charge is -2.53. The first-order valence-corrected chi connectivity index (χ1v) is 12.9. The Morgan fingerprint density at radius 1 is 1.00 bits per heavy atom. The van der Waals surface area contributed by atoms with Crippen molar-refractivity contribution in [2.24, 2.45) is 0 Å². The summed E-state index contributed by atoms with van der Waals surface area (Å²) in [4.78, 5) is 15.1. The van der Waals surface area contributed by atoms with Crippen molar-refractivity contribution in [2.75, 3.05) is 13.7 Å². The van der Waals surface area contributed by atoms with E-state index in [1.165, 1.54) is 53.5 Å². The summed E-state index contributed by atoms with van der Waals surface area (Å²) >= 11 is 0. The Morgan fingerprint density at radius 2 is 1.68 bits per heavy atom. The summed E-state index contributed by atoms with van der Waals surface area (Å²) in [6.45, 7) is -0.309. The van der Waals surface area contributed by atoms with E-state index < -0.39 is 47.4 Å². The number of amides is 1. The zero-order valence-corrected chi connectivity index (χ0v) is 22.0. The number of ether oxygens (including phenoxy) is 1. The minimum atomic E-state index is -1.28. The SMILES string of the molecule is CN1C(=O)C2=C(OCc3ccccc3)C(O)C=CN2N(C(c2ccc(F)cc2)c2cc(F)c(F)cc2O)C1CCO. The molecule has 214 valence electrons. The van der Waals surface area contributed by atoms with E-state index in [1.807, 2.05) is 30.3 Å². The molecule has 3 aromatic carbocycles. The Hall–Kier alpha value is -4.32. The molecular weight excluding hydrogens is 539 g/mol. The fraction of sp³-hybridized carbons (Fsp3) is 0.233. The molecule has 1 amide bonds. The molecule has 3 atom stereocenters. The van der Waals surface area contributed by atoms with Crippen molar-refractivity contribution in [3.8, 4) is 5.75 Å². The maximum atomic E-state index is 14.6. The molecule has 0 radical (unpaired) electrons. The van der Waals surface area contributed by atoms with Gasteiger partial charge in [0, 0.05) is 37.9 Å². The number of hydrogen-bond acceptors (Lipinski definition) is 7. The fourth-order valence-electron chi connectivity index (χ4n) is 5.11. The van der Waals surface area contributed by atoms with E-state index in [2.05, 4.69) is 0 Å². The number of hydrogen-bond donors (Lipinski definition) is 3. The third kappa shape index (κ3) is 5.39. The molecule has 3 N–H and O–H groups in total. The van der Waals surface area contributed by atoms with Crippen LogP contribution in [0.3, 0.4) is 0 Å². The molecule has 41 heavy (non-hydrogen) atoms. The van der Waals surface area contributed by atoms with Crippen molar-refractivity contribution in [1.29, 1.82) is 0 Å². The highest BCUT2D eigenvalue weighted by molar-refractivity contribution is 5.94. The number of phenols is 1. The summed E-state index contributed by atoms with van der Waals surface area (Å²) in [6.07, 6.45) is 0.676. The molecule has 5 rings (SSSR count). The first kappa shape index (κ1) is 28.2. The molecule has 2 heterocycles. The normalized spacial score (nSPS) is 19.9. The van der Waals surface area contributed by atoms with E-state index in [9.17, 15) is 33.3 Å². The smallest absolute Gasteiger partial charge is 0.276 e. The summed E-state index contributed by atoms with van der Waals surface area (Å²) in [7, 11) is 1.49. The minimum absolute atomic E-state index is 0.0186. The largest absolute Gasteiger partial charge is 0.507 e. The average molecular weight is 568 g/mol. The number of carbonyl (C=O) groups excluding carboxylic acids is 1. The molecule has 3 aromatic rings. The Kier molecular flexibility index (Phi) is 8.02. The number of carbonyl (C=O) groups is 1. The summed E-state index contributed by atoms with van der Waals surface area (Å²) in [5.41, 5.74) is 1.02. The van der Waals surface area contributed by atoms with Gasteiger partial charge in [0.1, 0.15) is 30.4 Å². The first-order valence-electron chi connectivity index (χ1n) is 12.9. The number of aliphatic hydroxyl groups excluding tert-OH is 2. The number of fused-ring (bicyclic) bond motifs is 1. The van der Waals surface area contributed by atoms with Gasteiger partial charge in [-0.25, -0.2) is 13.2 Å². The van der Waals surface area contributed by atoms with Crippen molar-refractivity contribution in [2.45, 2.75) is 31.3 Å². The highest BCUT2D eigenvalue weighted by Crippen LogP contribution is 2.43. The van der Waals surface area contributed by atoms with Crippen molar-refractivity contribution in [3.05, 3.63) is 125 Å². The number of likely N-dealkylation sites (N-methyl/N-ethyl adjacent to an activating group) is 1. The van der Waals surface area contributed by atoms with E-state index in [0.717, 1.165) is 11.6 Å². The van der Waals surface area contributed by atoms with Gasteiger partial charge in [-0.1, -0.05) is 42.5 Å². The van der Waals surface area contributed by atoms with Crippen LogP contribution in [0.2, 0.25) is 0 Å². The molecule has 0 saturated carbocycles. The second-order valence-corrected chi connectivity index (χ2v) is 9.69. The highest BCUT2D eigenvalue weighted by atomic mass is 19.2. The van der Waals surface area contributed by atoms with Gasteiger partial charge >= 0.3 is 0 Å². The number of aromatic hydroxyl groups is 1. The van der Waals surface area contributed by atoms with Crippen molar-refractivity contribution >= 4 is 5.91 Å². The second-order valence-electron chi connectivity index (χ2n) is 9.69. The Balaban J connectivity index is 1.69. The first-order chi connectivity index (χ1) is 19.7. The van der Waals surface area contributed by atoms with Crippen LogP contribution < -0.4 is 0 Å². The van der Waals surface area contributed by atoms with Gasteiger partial charge in [0.2, 0.25) is 0 Å². The number of halogens is 3. The van der Waals surface area contributed by atoms with Gasteiger partial charge < -0.3 is 25.0 Å². The average Bonchev–Trinajstić information content (AvgIpc) is 2.96. The van der Waals surface area contributed by atoms with E-state index >= 15 is 0 Å². The Bertz CT molecular complexity index is 1480. The predicted octanol–water partition coefficient (Wildman–Crippen LogP) is 3.92. The lowest BCUT2D eigenvalue weighted by molar-refractivity contribution is -0.166. The number of phenolic OH excluding ortho intramolecular Hbond substituents is 1. The number of benzene rings is 3. The van der Waals surface area contributed by atoms with Crippen molar-refractivity contribution < 1.29 is 38.0 Å². The topological polar surface area (TPSA) is 96.7 Å². The minimum Gasteiger partial charge on any atom is -0.507 e. The Labute approximate surface area is 234 Å². The van der Waals surface area contributed by atoms with Crippen LogP contribution in [0, 0.1) is 17.5 Å². The molecule has 2 aliphatic heterocycles. The molecule has 0 aromatic heterocycles. The van der Waals surface area contributed by atoms with Gasteiger partial charge in [-0.2, -0.15) is 5.01 Å². The zero-order valence-electron chi connectivity index (χ0n) is 22.0. The summed E-state index contributed by atoms with van der Waals surface area (Å²) < 4.78 is 48.6. The van der Waals surface area contributed by atoms with E-state index in [1.54, 1.807) is 5.01 Å². The molecule has 8 nitrogen and oxygen atoms in total. The fourth-order valence-corrected chi connectivity index (χ4v) is 5.11. The predicted molar refractivity (Wildman–Crippen MR) is 142 cm³/mol. The molecule has 0 aliphatic carbocycles. The van der Waals surface area contributed by atoms with E-state index in [0.29, 0.717) is 11.6 Å². The van der Waals surface area contributed by atoms with E-state index in [-0.39, 0.29) is 36.7 Å². The monoisotopic (exact) mass is 567 g/mol. The van der Waals surface area contributed by atoms with Crippen LogP contribution in [0.1, 0.15) is 29.2 Å². The third-order valence-corrected chi connectivity index (χ3v) is 7.10. The van der Waals surface area contributed by atoms with Crippen LogP contribution in [0.4, 0.5) is 13.2 Å². The second kappa shape index (κ2) is 11.7. The molecular formula is C30H28F3N3O5. The van der Waals surface area contributed by atoms with Gasteiger partial charge in [0.15, 0.2) is 23.1 Å². The van der Waals surface area contributed by atoms with Crippen LogP contribution in [-0.4, -0.2) is 62.1 Å². The maximum Gasteiger partial charge on any atom is 0.276 e. The summed E-state index contributed by atoms with van der Waals surface area (Å²) in [6, 6.07) is 14.7. The quantitative estimate of drug-likeness (QED) is 0.380. The lowest BCUT2D eigenvalue weighted by Crippen LogP contribution is -2.63. The van der Waals surface area contributed by atoms with E-state index in [4.69, 9.17) is 4.74 Å². The van der Waals surface area contributed by atoms with Crippen LogP contribution in [0.25, 0.3) is 0 Å². The molecule has 2 aliphatic rings. The molecule has 1 saturated heterocycles. The molecule has 0 bridgehead atoms. The molecule has 0 spiro atoms.